The van der Waals surface area contributed by atoms with Crippen molar-refractivity contribution in [2.24, 2.45) is 5.92 Å². The van der Waals surface area contributed by atoms with Gasteiger partial charge in [-0.1, -0.05) is 6.92 Å². The highest BCUT2D eigenvalue weighted by Crippen LogP contribution is 2.18. The highest BCUT2D eigenvalue weighted by molar-refractivity contribution is 5.69. The molecular formula is C12H25NO3. The van der Waals surface area contributed by atoms with Crippen LogP contribution in [-0.4, -0.2) is 48.3 Å². The van der Waals surface area contributed by atoms with Crippen molar-refractivity contribution in [3.63, 3.8) is 0 Å². The van der Waals surface area contributed by atoms with E-state index in [0.717, 1.165) is 6.42 Å². The third-order valence-corrected chi connectivity index (χ3v) is 3.08. The molecule has 4 nitrogen and oxygen atoms in total. The average molecular weight is 231 g/mol. The number of hydrogen-bond acceptors (Lipinski definition) is 3. The van der Waals surface area contributed by atoms with E-state index in [1.54, 1.807) is 14.0 Å². The molecular weight excluding hydrogens is 206 g/mol. The van der Waals surface area contributed by atoms with Crippen molar-refractivity contribution < 1.29 is 14.6 Å². The molecule has 0 bridgehead atoms. The Morgan fingerprint density at radius 3 is 2.31 bits per heavy atom. The lowest BCUT2D eigenvalue weighted by molar-refractivity contribution is -0.141. The van der Waals surface area contributed by atoms with Crippen molar-refractivity contribution >= 4 is 5.97 Å². The van der Waals surface area contributed by atoms with Gasteiger partial charge in [0.25, 0.3) is 0 Å². The molecule has 0 saturated heterocycles. The molecule has 0 rings (SSSR count). The molecule has 0 aromatic rings. The van der Waals surface area contributed by atoms with Crippen LogP contribution < -0.4 is 0 Å². The molecule has 4 heteroatoms. The average Bonchev–Trinajstić information content (AvgIpc) is 2.16. The first kappa shape index (κ1) is 15.4. The van der Waals surface area contributed by atoms with E-state index in [2.05, 4.69) is 11.8 Å². The summed E-state index contributed by atoms with van der Waals surface area (Å²) in [6.07, 6.45) is 0.881. The topological polar surface area (TPSA) is 49.8 Å². The minimum atomic E-state index is -0.745. The van der Waals surface area contributed by atoms with Crippen LogP contribution in [0.3, 0.4) is 0 Å². The number of aliphatic carboxylic acids is 1. The van der Waals surface area contributed by atoms with Gasteiger partial charge in [0.15, 0.2) is 0 Å². The van der Waals surface area contributed by atoms with Crippen LogP contribution in [0.25, 0.3) is 0 Å². The van der Waals surface area contributed by atoms with Crippen LogP contribution in [0.2, 0.25) is 0 Å². The van der Waals surface area contributed by atoms with E-state index >= 15 is 0 Å². The number of carboxylic acids is 1. The Kier molecular flexibility index (Phi) is 5.97. The van der Waals surface area contributed by atoms with Crippen molar-refractivity contribution in [1.82, 2.24) is 4.90 Å². The molecule has 0 amide bonds. The van der Waals surface area contributed by atoms with E-state index in [1.807, 2.05) is 20.9 Å². The van der Waals surface area contributed by atoms with Crippen LogP contribution in [0.4, 0.5) is 0 Å². The van der Waals surface area contributed by atoms with Gasteiger partial charge in [-0.3, -0.25) is 4.79 Å². The van der Waals surface area contributed by atoms with Crippen molar-refractivity contribution in [2.75, 3.05) is 20.7 Å². The summed E-state index contributed by atoms with van der Waals surface area (Å²) in [5.74, 6) is -1.08. The molecule has 0 aromatic heterocycles. The lowest BCUT2D eigenvalue weighted by Crippen LogP contribution is -2.40. The molecule has 0 radical (unpaired) electrons. The maximum Gasteiger partial charge on any atom is 0.307 e. The second kappa shape index (κ2) is 6.21. The number of hydrogen-bond donors (Lipinski definition) is 1. The summed E-state index contributed by atoms with van der Waals surface area (Å²) in [7, 11) is 3.66. The van der Waals surface area contributed by atoms with Gasteiger partial charge in [-0.25, -0.2) is 0 Å². The third-order valence-electron chi connectivity index (χ3n) is 3.08. The number of nitrogens with zero attached hydrogens (tertiary/aromatic N) is 1. The number of rotatable bonds is 7. The Hall–Kier alpha value is -0.610. The normalized spacial score (nSPS) is 16.2. The van der Waals surface area contributed by atoms with Gasteiger partial charge in [0.05, 0.1) is 11.5 Å². The highest BCUT2D eigenvalue weighted by Gasteiger charge is 2.24. The van der Waals surface area contributed by atoms with Gasteiger partial charge in [-0.15, -0.1) is 0 Å². The lowest BCUT2D eigenvalue weighted by Gasteiger charge is -2.32. The Labute approximate surface area is 98.6 Å². The summed E-state index contributed by atoms with van der Waals surface area (Å²) in [4.78, 5) is 12.8. The monoisotopic (exact) mass is 231 g/mol. The first-order valence-corrected chi connectivity index (χ1v) is 5.68. The van der Waals surface area contributed by atoms with Crippen LogP contribution in [0.5, 0.6) is 0 Å². The summed E-state index contributed by atoms with van der Waals surface area (Å²) >= 11 is 0. The molecule has 0 spiro atoms. The van der Waals surface area contributed by atoms with Crippen molar-refractivity contribution in [1.29, 1.82) is 0 Å². The number of carbonyl (C=O) groups is 1. The van der Waals surface area contributed by atoms with Crippen LogP contribution in [0.1, 0.15) is 34.1 Å². The zero-order valence-electron chi connectivity index (χ0n) is 11.3. The lowest BCUT2D eigenvalue weighted by atomic mass is 9.98. The minimum absolute atomic E-state index is 0.167. The smallest absolute Gasteiger partial charge is 0.307 e. The molecule has 0 aliphatic heterocycles. The van der Waals surface area contributed by atoms with Gasteiger partial charge < -0.3 is 14.7 Å². The van der Waals surface area contributed by atoms with Gasteiger partial charge in [0, 0.05) is 19.7 Å². The van der Waals surface area contributed by atoms with E-state index < -0.39 is 5.97 Å². The van der Waals surface area contributed by atoms with Crippen LogP contribution in [0, 0.1) is 5.92 Å². The Morgan fingerprint density at radius 1 is 1.44 bits per heavy atom. The van der Waals surface area contributed by atoms with Gasteiger partial charge in [-0.2, -0.15) is 0 Å². The predicted octanol–water partition coefficient (Wildman–Crippen LogP) is 1.84. The Balaban J connectivity index is 4.18. The first-order valence-electron chi connectivity index (χ1n) is 5.68. The largest absolute Gasteiger partial charge is 0.481 e. The van der Waals surface area contributed by atoms with Crippen molar-refractivity contribution in [3.8, 4) is 0 Å². The maximum absolute atomic E-state index is 10.7. The van der Waals surface area contributed by atoms with Crippen LogP contribution in [0.15, 0.2) is 0 Å². The third kappa shape index (κ3) is 5.47. The molecule has 2 atom stereocenters. The van der Waals surface area contributed by atoms with E-state index in [4.69, 9.17) is 9.84 Å². The Morgan fingerprint density at radius 2 is 1.94 bits per heavy atom. The molecule has 0 heterocycles. The summed E-state index contributed by atoms with van der Waals surface area (Å²) < 4.78 is 5.37. The molecule has 16 heavy (non-hydrogen) atoms. The standard InChI is InChI=1S/C12H25NO3/c1-9(11(14)15)8-13(5)10(2)7-12(3,4)16-6/h9-10H,7-8H2,1-6H3,(H,14,15). The maximum atomic E-state index is 10.7. The minimum Gasteiger partial charge on any atom is -0.481 e. The SMILES string of the molecule is COC(C)(C)CC(C)N(C)CC(C)C(=O)O. The molecule has 0 aliphatic carbocycles. The second-order valence-corrected chi connectivity index (χ2v) is 5.20. The van der Waals surface area contributed by atoms with E-state index in [-0.39, 0.29) is 11.5 Å². The number of ether oxygens (including phenoxy) is 1. The fourth-order valence-electron chi connectivity index (χ4n) is 1.64. The fourth-order valence-corrected chi connectivity index (χ4v) is 1.64. The molecule has 2 unspecified atom stereocenters. The summed E-state index contributed by atoms with van der Waals surface area (Å²) in [5, 5.41) is 8.84. The quantitative estimate of drug-likeness (QED) is 0.726. The predicted molar refractivity (Wildman–Crippen MR) is 64.6 cm³/mol. The zero-order chi connectivity index (χ0) is 12.9. The summed E-state index contributed by atoms with van der Waals surface area (Å²) in [5.41, 5.74) is -0.167. The molecule has 1 N–H and O–H groups in total. The number of methoxy groups -OCH3 is 1. The van der Waals surface area contributed by atoms with Gasteiger partial charge in [0.1, 0.15) is 0 Å². The van der Waals surface area contributed by atoms with Gasteiger partial charge in [0.2, 0.25) is 0 Å². The van der Waals surface area contributed by atoms with Crippen molar-refractivity contribution in [2.45, 2.75) is 45.8 Å². The second-order valence-electron chi connectivity index (χ2n) is 5.20. The van der Waals surface area contributed by atoms with Gasteiger partial charge in [-0.05, 0) is 34.2 Å². The Bertz CT molecular complexity index is 228. The summed E-state index contributed by atoms with van der Waals surface area (Å²) in [6, 6.07) is 0.303. The summed E-state index contributed by atoms with van der Waals surface area (Å²) in [6.45, 7) is 8.47. The highest BCUT2D eigenvalue weighted by atomic mass is 16.5. The van der Waals surface area contributed by atoms with Crippen molar-refractivity contribution in [3.05, 3.63) is 0 Å². The number of carboxylic acid groups (broad SMARTS) is 1. The van der Waals surface area contributed by atoms with E-state index in [1.165, 1.54) is 0 Å². The molecule has 0 saturated carbocycles. The van der Waals surface area contributed by atoms with Gasteiger partial charge >= 0.3 is 5.97 Å². The molecule has 0 aliphatic rings. The molecule has 96 valence electrons. The fraction of sp³-hybridized carbons (Fsp3) is 0.917. The van der Waals surface area contributed by atoms with E-state index in [0.29, 0.717) is 12.6 Å². The first-order chi connectivity index (χ1) is 7.19. The van der Waals surface area contributed by atoms with Crippen LogP contribution >= 0.6 is 0 Å². The van der Waals surface area contributed by atoms with E-state index in [9.17, 15) is 4.79 Å². The zero-order valence-corrected chi connectivity index (χ0v) is 11.3. The molecule has 0 fully saturated rings. The molecule has 0 aromatic carbocycles. The van der Waals surface area contributed by atoms with Crippen LogP contribution in [-0.2, 0) is 9.53 Å².